The van der Waals surface area contributed by atoms with Crippen LogP contribution in [0.3, 0.4) is 0 Å². The highest BCUT2D eigenvalue weighted by Gasteiger charge is 2.36. The molecule has 0 amide bonds. The predicted molar refractivity (Wildman–Crippen MR) is 148 cm³/mol. The first-order valence-corrected chi connectivity index (χ1v) is 12.8. The van der Waals surface area contributed by atoms with Crippen LogP contribution < -0.4 is 10.3 Å². The number of esters is 1. The number of carbonyl (C=O) groups excluding carboxylic acids is 1. The average molecular weight is 561 g/mol. The van der Waals surface area contributed by atoms with Gasteiger partial charge in [0.15, 0.2) is 6.61 Å². The van der Waals surface area contributed by atoms with Crippen molar-refractivity contribution >= 4 is 5.97 Å². The van der Waals surface area contributed by atoms with Crippen molar-refractivity contribution in [3.63, 3.8) is 0 Å². The van der Waals surface area contributed by atoms with Gasteiger partial charge in [0.1, 0.15) is 17.4 Å². The van der Waals surface area contributed by atoms with Gasteiger partial charge in [-0.1, -0.05) is 54.1 Å². The lowest BCUT2D eigenvalue weighted by molar-refractivity contribution is -0.145. The summed E-state index contributed by atoms with van der Waals surface area (Å²) in [6.45, 7) is 5.41. The lowest BCUT2D eigenvalue weighted by atomic mass is 9.98. The van der Waals surface area contributed by atoms with E-state index in [9.17, 15) is 28.0 Å². The van der Waals surface area contributed by atoms with Gasteiger partial charge in [0.2, 0.25) is 0 Å². The molecule has 0 N–H and O–H groups in total. The number of halogens is 3. The minimum absolute atomic E-state index is 0.0193. The highest BCUT2D eigenvalue weighted by atomic mass is 19.4. The van der Waals surface area contributed by atoms with Gasteiger partial charge in [0.05, 0.1) is 24.4 Å². The molecule has 1 heterocycles. The third-order valence-corrected chi connectivity index (χ3v) is 6.53. The highest BCUT2D eigenvalue weighted by Crippen LogP contribution is 2.35. The number of hydrogen-bond acceptors (Lipinski definition) is 5. The summed E-state index contributed by atoms with van der Waals surface area (Å²) in [6, 6.07) is 21.6. The molecule has 0 aliphatic carbocycles. The fourth-order valence-electron chi connectivity index (χ4n) is 4.54. The fourth-order valence-corrected chi connectivity index (χ4v) is 4.54. The Balaban J connectivity index is 1.83. The van der Waals surface area contributed by atoms with E-state index in [1.54, 1.807) is 55.5 Å². The average Bonchev–Trinajstić information content (AvgIpc) is 2.94. The van der Waals surface area contributed by atoms with Crippen LogP contribution in [-0.4, -0.2) is 23.8 Å². The topological polar surface area (TPSA) is 81.3 Å². The van der Waals surface area contributed by atoms with Crippen LogP contribution in [0.5, 0.6) is 5.75 Å². The molecule has 0 bridgehead atoms. The smallest absolute Gasteiger partial charge is 0.417 e. The molecular weight excluding hydrogens is 533 g/mol. The summed E-state index contributed by atoms with van der Waals surface area (Å²) >= 11 is 0. The second-order valence-electron chi connectivity index (χ2n) is 9.45. The molecule has 0 saturated carbocycles. The Morgan fingerprint density at radius 2 is 1.63 bits per heavy atom. The zero-order valence-corrected chi connectivity index (χ0v) is 22.7. The lowest BCUT2D eigenvalue weighted by Crippen LogP contribution is -2.29. The van der Waals surface area contributed by atoms with Crippen molar-refractivity contribution in [2.24, 2.45) is 0 Å². The van der Waals surface area contributed by atoms with Crippen LogP contribution in [0, 0.1) is 25.2 Å². The first-order chi connectivity index (χ1) is 19.5. The summed E-state index contributed by atoms with van der Waals surface area (Å²) in [4.78, 5) is 25.1. The molecule has 0 aliphatic rings. The summed E-state index contributed by atoms with van der Waals surface area (Å²) < 4.78 is 53.6. The SMILES string of the molecule is CCOC(=O)COc1cccc(-c2cccc(-c3cc(C(F)(F)F)c(C#N)c(=O)n3Cc3ccc(C)cc3C)c2)c1. The van der Waals surface area contributed by atoms with E-state index in [1.807, 2.05) is 32.0 Å². The Bertz CT molecular complexity index is 1700. The van der Waals surface area contributed by atoms with Crippen molar-refractivity contribution in [3.05, 3.63) is 111 Å². The third kappa shape index (κ3) is 6.67. The maximum absolute atomic E-state index is 14.0. The Kier molecular flexibility index (Phi) is 8.62. The van der Waals surface area contributed by atoms with Crippen LogP contribution in [-0.2, 0) is 22.3 Å². The van der Waals surface area contributed by atoms with Crippen LogP contribution >= 0.6 is 0 Å². The molecular formula is C32H27F3N2O4. The Labute approximate surface area is 235 Å². The number of aromatic nitrogens is 1. The van der Waals surface area contributed by atoms with Gasteiger partial charge in [0.25, 0.3) is 5.56 Å². The molecule has 0 spiro atoms. The van der Waals surface area contributed by atoms with Crippen LogP contribution in [0.2, 0.25) is 0 Å². The standard InChI is InChI=1S/C32H27F3N2O4/c1-4-40-30(38)19-41-26-10-6-8-23(15-26)22-7-5-9-24(14-22)29-16-28(32(33,34)35)27(17-36)31(39)37(29)18-25-12-11-20(2)13-21(25)3/h5-16H,4,18-19H2,1-3H3. The van der Waals surface area contributed by atoms with Crippen LogP contribution in [0.1, 0.15) is 34.7 Å². The molecule has 0 atom stereocenters. The number of nitrogens with zero attached hydrogens (tertiary/aromatic N) is 2. The molecule has 4 aromatic rings. The summed E-state index contributed by atoms with van der Waals surface area (Å²) in [6.07, 6.45) is -4.90. The Hall–Kier alpha value is -4.84. The predicted octanol–water partition coefficient (Wildman–Crippen LogP) is 6.68. The number of pyridine rings is 1. The second kappa shape index (κ2) is 12.1. The molecule has 0 saturated heterocycles. The van der Waals surface area contributed by atoms with Gasteiger partial charge in [0, 0.05) is 0 Å². The summed E-state index contributed by atoms with van der Waals surface area (Å²) in [5.41, 5.74) is 1.08. The summed E-state index contributed by atoms with van der Waals surface area (Å²) in [5, 5.41) is 9.53. The van der Waals surface area contributed by atoms with Gasteiger partial charge in [-0.05, 0) is 72.9 Å². The van der Waals surface area contributed by atoms with Gasteiger partial charge in [-0.2, -0.15) is 18.4 Å². The lowest BCUT2D eigenvalue weighted by Gasteiger charge is -2.19. The van der Waals surface area contributed by atoms with Crippen molar-refractivity contribution in [3.8, 4) is 34.2 Å². The van der Waals surface area contributed by atoms with Crippen molar-refractivity contribution in [2.45, 2.75) is 33.5 Å². The van der Waals surface area contributed by atoms with E-state index in [4.69, 9.17) is 9.47 Å². The minimum atomic E-state index is -4.90. The van der Waals surface area contributed by atoms with E-state index >= 15 is 0 Å². The van der Waals surface area contributed by atoms with Crippen LogP contribution in [0.25, 0.3) is 22.4 Å². The number of hydrogen-bond donors (Lipinski definition) is 0. The van der Waals surface area contributed by atoms with Crippen molar-refractivity contribution < 1.29 is 27.4 Å². The molecule has 9 heteroatoms. The van der Waals surface area contributed by atoms with E-state index in [0.29, 0.717) is 22.4 Å². The summed E-state index contributed by atoms with van der Waals surface area (Å²) in [5.74, 6) is -0.103. The minimum Gasteiger partial charge on any atom is -0.482 e. The van der Waals surface area contributed by atoms with Gasteiger partial charge in [-0.3, -0.25) is 4.79 Å². The maximum Gasteiger partial charge on any atom is 0.417 e. The third-order valence-electron chi connectivity index (χ3n) is 6.53. The highest BCUT2D eigenvalue weighted by molar-refractivity contribution is 5.74. The quantitative estimate of drug-likeness (QED) is 0.225. The molecule has 4 rings (SSSR count). The van der Waals surface area contributed by atoms with Gasteiger partial charge in [-0.25, -0.2) is 4.79 Å². The molecule has 210 valence electrons. The van der Waals surface area contributed by atoms with Gasteiger partial charge in [-0.15, -0.1) is 0 Å². The number of nitriles is 1. The van der Waals surface area contributed by atoms with Crippen LogP contribution in [0.15, 0.2) is 77.6 Å². The van der Waals surface area contributed by atoms with Gasteiger partial charge < -0.3 is 14.0 Å². The second-order valence-corrected chi connectivity index (χ2v) is 9.45. The zero-order valence-electron chi connectivity index (χ0n) is 22.7. The van der Waals surface area contributed by atoms with Crippen molar-refractivity contribution in [1.82, 2.24) is 4.57 Å². The molecule has 1 aromatic heterocycles. The molecule has 0 radical (unpaired) electrons. The Morgan fingerprint density at radius 1 is 0.951 bits per heavy atom. The largest absolute Gasteiger partial charge is 0.482 e. The fraction of sp³-hybridized carbons (Fsp3) is 0.219. The number of rotatable bonds is 8. The number of carbonyl (C=O) groups is 1. The molecule has 6 nitrogen and oxygen atoms in total. The molecule has 3 aromatic carbocycles. The normalized spacial score (nSPS) is 11.1. The summed E-state index contributed by atoms with van der Waals surface area (Å²) in [7, 11) is 0. The number of alkyl halides is 3. The molecule has 0 fully saturated rings. The van der Waals surface area contributed by atoms with Crippen molar-refractivity contribution in [2.75, 3.05) is 13.2 Å². The number of aryl methyl sites for hydroxylation is 2. The van der Waals surface area contributed by atoms with Crippen molar-refractivity contribution in [1.29, 1.82) is 5.26 Å². The van der Waals surface area contributed by atoms with Crippen LogP contribution in [0.4, 0.5) is 13.2 Å². The maximum atomic E-state index is 14.0. The molecule has 0 aliphatic heterocycles. The number of benzene rings is 3. The first kappa shape index (κ1) is 29.2. The van der Waals surface area contributed by atoms with E-state index in [-0.39, 0.29) is 25.5 Å². The van der Waals surface area contributed by atoms with E-state index in [1.165, 1.54) is 10.6 Å². The Morgan fingerprint density at radius 3 is 2.29 bits per heavy atom. The van der Waals surface area contributed by atoms with Gasteiger partial charge >= 0.3 is 12.1 Å². The first-order valence-electron chi connectivity index (χ1n) is 12.8. The van der Waals surface area contributed by atoms with E-state index in [0.717, 1.165) is 22.8 Å². The zero-order chi connectivity index (χ0) is 29.7. The molecule has 41 heavy (non-hydrogen) atoms. The number of ether oxygens (including phenoxy) is 2. The molecule has 0 unspecified atom stereocenters. The van der Waals surface area contributed by atoms with E-state index < -0.39 is 28.8 Å². The monoisotopic (exact) mass is 560 g/mol. The van der Waals surface area contributed by atoms with E-state index in [2.05, 4.69) is 0 Å².